The van der Waals surface area contributed by atoms with Crippen molar-refractivity contribution in [1.29, 1.82) is 0 Å². The van der Waals surface area contributed by atoms with Crippen LogP contribution in [0, 0.1) is 5.82 Å². The van der Waals surface area contributed by atoms with Gasteiger partial charge in [-0.05, 0) is 42.0 Å². The van der Waals surface area contributed by atoms with E-state index in [1.165, 1.54) is 29.7 Å². The first-order chi connectivity index (χ1) is 14.4. The first kappa shape index (κ1) is 20.3. The molecule has 7 heteroatoms. The molecule has 4 aromatic rings. The van der Waals surface area contributed by atoms with Gasteiger partial charge < -0.3 is 4.74 Å². The number of halogens is 1. The molecule has 0 radical (unpaired) electrons. The first-order valence-corrected chi connectivity index (χ1v) is 11.8. The van der Waals surface area contributed by atoms with Gasteiger partial charge in [-0.1, -0.05) is 42.5 Å². The summed E-state index contributed by atoms with van der Waals surface area (Å²) < 4.78 is 42.7. The van der Waals surface area contributed by atoms with Gasteiger partial charge in [-0.2, -0.15) is 0 Å². The lowest BCUT2D eigenvalue weighted by Crippen LogP contribution is -1.96. The zero-order valence-electron chi connectivity index (χ0n) is 16.1. The van der Waals surface area contributed by atoms with Crippen molar-refractivity contribution in [2.45, 2.75) is 11.5 Å². The highest BCUT2D eigenvalue weighted by Gasteiger charge is 2.17. The minimum absolute atomic E-state index is 0.248. The Morgan fingerprint density at radius 2 is 1.53 bits per heavy atom. The molecule has 0 saturated heterocycles. The van der Waals surface area contributed by atoms with Crippen LogP contribution in [0.5, 0.6) is 5.75 Å². The summed E-state index contributed by atoms with van der Waals surface area (Å²) in [6.07, 6.45) is 1.17. The molecule has 0 aliphatic rings. The molecule has 0 unspecified atom stereocenters. The molecule has 3 aromatic carbocycles. The van der Waals surface area contributed by atoms with Gasteiger partial charge in [0.25, 0.3) is 0 Å². The molecule has 4 nitrogen and oxygen atoms in total. The van der Waals surface area contributed by atoms with Gasteiger partial charge in [-0.15, -0.1) is 11.3 Å². The lowest BCUT2D eigenvalue weighted by molar-refractivity contribution is 0.305. The van der Waals surface area contributed by atoms with E-state index in [4.69, 9.17) is 9.72 Å². The molecular weight excluding hydrogens is 421 g/mol. The Hall–Kier alpha value is -3.03. The molecule has 0 bridgehead atoms. The van der Waals surface area contributed by atoms with Gasteiger partial charge in [-0.3, -0.25) is 0 Å². The zero-order valence-corrected chi connectivity index (χ0v) is 17.7. The molecule has 0 saturated carbocycles. The summed E-state index contributed by atoms with van der Waals surface area (Å²) in [5, 5.41) is 0.764. The second kappa shape index (κ2) is 8.38. The topological polar surface area (TPSA) is 56.3 Å². The number of hydrogen-bond acceptors (Lipinski definition) is 5. The Morgan fingerprint density at radius 1 is 0.900 bits per heavy atom. The van der Waals surface area contributed by atoms with Crippen LogP contribution in [-0.2, 0) is 16.4 Å². The fraction of sp³-hybridized carbons (Fsp3) is 0.0870. The van der Waals surface area contributed by atoms with E-state index in [0.29, 0.717) is 12.3 Å². The normalized spacial score (nSPS) is 11.4. The van der Waals surface area contributed by atoms with Crippen LogP contribution >= 0.6 is 11.3 Å². The number of para-hydroxylation sites is 1. The van der Waals surface area contributed by atoms with E-state index in [2.05, 4.69) is 0 Å². The van der Waals surface area contributed by atoms with Gasteiger partial charge in [0.2, 0.25) is 0 Å². The van der Waals surface area contributed by atoms with E-state index in [1.54, 1.807) is 36.4 Å². The summed E-state index contributed by atoms with van der Waals surface area (Å²) in [7, 11) is -3.28. The molecule has 4 rings (SSSR count). The third-order valence-electron chi connectivity index (χ3n) is 4.44. The van der Waals surface area contributed by atoms with Crippen molar-refractivity contribution in [3.8, 4) is 27.4 Å². The lowest BCUT2D eigenvalue weighted by atomic mass is 10.1. The molecule has 1 aromatic heterocycles. The van der Waals surface area contributed by atoms with Crippen molar-refractivity contribution < 1.29 is 17.5 Å². The largest absolute Gasteiger partial charge is 0.486 e. The standard InChI is InChI=1S/C23H18FNO3S2/c1-30(26,27)20-13-9-16(10-14-20)22-23(17-7-11-18(24)12-8-17)29-21(25-22)15-28-19-5-3-2-4-6-19/h2-14H,15H2,1H3. The van der Waals surface area contributed by atoms with Crippen molar-refractivity contribution in [3.05, 3.63) is 89.7 Å². The summed E-state index contributed by atoms with van der Waals surface area (Å²) in [6.45, 7) is 0.296. The van der Waals surface area contributed by atoms with E-state index in [0.717, 1.165) is 26.8 Å². The van der Waals surface area contributed by atoms with Gasteiger partial charge in [0.1, 0.15) is 23.2 Å². The van der Waals surface area contributed by atoms with Gasteiger partial charge in [-0.25, -0.2) is 17.8 Å². The van der Waals surface area contributed by atoms with Crippen LogP contribution < -0.4 is 4.74 Å². The van der Waals surface area contributed by atoms with Gasteiger partial charge in [0, 0.05) is 11.8 Å². The molecule has 152 valence electrons. The van der Waals surface area contributed by atoms with Crippen LogP contribution in [-0.4, -0.2) is 19.7 Å². The number of ether oxygens (including phenoxy) is 1. The van der Waals surface area contributed by atoms with Crippen molar-refractivity contribution in [3.63, 3.8) is 0 Å². The van der Waals surface area contributed by atoms with E-state index in [-0.39, 0.29) is 10.7 Å². The van der Waals surface area contributed by atoms with Crippen LogP contribution in [0.25, 0.3) is 21.7 Å². The van der Waals surface area contributed by atoms with Crippen LogP contribution in [0.15, 0.2) is 83.8 Å². The van der Waals surface area contributed by atoms with Crippen molar-refractivity contribution >= 4 is 21.2 Å². The number of benzene rings is 3. The molecule has 0 fully saturated rings. The number of hydrogen-bond donors (Lipinski definition) is 0. The quantitative estimate of drug-likeness (QED) is 0.392. The van der Waals surface area contributed by atoms with Crippen LogP contribution in [0.3, 0.4) is 0 Å². The molecule has 0 spiro atoms. The zero-order chi connectivity index (χ0) is 21.1. The van der Waals surface area contributed by atoms with Crippen molar-refractivity contribution in [1.82, 2.24) is 4.98 Å². The van der Waals surface area contributed by atoms with Crippen molar-refractivity contribution in [2.75, 3.05) is 6.26 Å². The van der Waals surface area contributed by atoms with Gasteiger partial charge in [0.15, 0.2) is 9.84 Å². The second-order valence-electron chi connectivity index (χ2n) is 6.69. The van der Waals surface area contributed by atoms with E-state index in [9.17, 15) is 12.8 Å². The highest BCUT2D eigenvalue weighted by Crippen LogP contribution is 2.37. The van der Waals surface area contributed by atoms with Crippen LogP contribution in [0.4, 0.5) is 4.39 Å². The third-order valence-corrected chi connectivity index (χ3v) is 6.65. The number of rotatable bonds is 6. The first-order valence-electron chi connectivity index (χ1n) is 9.14. The molecule has 30 heavy (non-hydrogen) atoms. The molecule has 0 amide bonds. The smallest absolute Gasteiger partial charge is 0.175 e. The van der Waals surface area contributed by atoms with Crippen LogP contribution in [0.2, 0.25) is 0 Å². The highest BCUT2D eigenvalue weighted by molar-refractivity contribution is 7.90. The van der Waals surface area contributed by atoms with E-state index in [1.807, 2.05) is 30.3 Å². The average Bonchev–Trinajstić information content (AvgIpc) is 3.17. The molecule has 0 aliphatic heterocycles. The second-order valence-corrected chi connectivity index (χ2v) is 9.79. The monoisotopic (exact) mass is 439 g/mol. The lowest BCUT2D eigenvalue weighted by Gasteiger charge is -2.04. The Labute approximate surface area is 178 Å². The molecule has 0 atom stereocenters. The Bertz CT molecular complexity index is 1250. The Balaban J connectivity index is 1.71. The van der Waals surface area contributed by atoms with Gasteiger partial charge >= 0.3 is 0 Å². The predicted octanol–water partition coefficient (Wildman–Crippen LogP) is 5.60. The summed E-state index contributed by atoms with van der Waals surface area (Å²) >= 11 is 1.47. The highest BCUT2D eigenvalue weighted by atomic mass is 32.2. The fourth-order valence-electron chi connectivity index (χ4n) is 2.94. The third kappa shape index (κ3) is 4.58. The maximum absolute atomic E-state index is 13.4. The number of sulfone groups is 1. The van der Waals surface area contributed by atoms with E-state index >= 15 is 0 Å². The molecule has 1 heterocycles. The maximum atomic E-state index is 13.4. The summed E-state index contributed by atoms with van der Waals surface area (Å²) in [5.74, 6) is 0.435. The minimum Gasteiger partial charge on any atom is -0.486 e. The summed E-state index contributed by atoms with van der Waals surface area (Å²) in [4.78, 5) is 5.85. The molecular formula is C23H18FNO3S2. The number of nitrogens with zero attached hydrogens (tertiary/aromatic N) is 1. The Morgan fingerprint density at radius 3 is 2.17 bits per heavy atom. The summed E-state index contributed by atoms with van der Waals surface area (Å²) in [6, 6.07) is 22.3. The average molecular weight is 440 g/mol. The van der Waals surface area contributed by atoms with Crippen LogP contribution in [0.1, 0.15) is 5.01 Å². The minimum atomic E-state index is -3.28. The molecule has 0 aliphatic carbocycles. The summed E-state index contributed by atoms with van der Waals surface area (Å²) in [5.41, 5.74) is 2.32. The van der Waals surface area contributed by atoms with E-state index < -0.39 is 9.84 Å². The number of aromatic nitrogens is 1. The predicted molar refractivity (Wildman–Crippen MR) is 117 cm³/mol. The molecule has 0 N–H and O–H groups in total. The Kier molecular flexibility index (Phi) is 5.65. The maximum Gasteiger partial charge on any atom is 0.175 e. The number of thiazole rings is 1. The SMILES string of the molecule is CS(=O)(=O)c1ccc(-c2nc(COc3ccccc3)sc2-c2ccc(F)cc2)cc1. The van der Waals surface area contributed by atoms with Gasteiger partial charge in [0.05, 0.1) is 15.5 Å². The fourth-order valence-corrected chi connectivity index (χ4v) is 4.58. The van der Waals surface area contributed by atoms with Crippen molar-refractivity contribution in [2.24, 2.45) is 0 Å².